The van der Waals surface area contributed by atoms with E-state index in [0.29, 0.717) is 0 Å². The fraction of sp³-hybridized carbons (Fsp3) is 0.100. The standard InChI is InChI=1S/C20H10F6N2O6.H2O/c21-19(22,23)15-8-11(27(29)30)4-6-17(15)33-13-2-1-3-14(10-13)34-18-7-5-12(28(31)32)9-16(18)20(24,25)26;/h1-10H;1H2. The Kier molecular flexibility index (Phi) is 7.55. The molecular formula is C20H12F6N2O7. The third-order valence-electron chi connectivity index (χ3n) is 4.22. The number of nitro benzene ring substituents is 2. The van der Waals surface area contributed by atoms with E-state index in [9.17, 15) is 46.6 Å². The smallest absolute Gasteiger partial charge is 0.420 e. The van der Waals surface area contributed by atoms with Crippen molar-refractivity contribution in [2.45, 2.75) is 12.4 Å². The summed E-state index contributed by atoms with van der Waals surface area (Å²) in [5.74, 6) is -2.15. The van der Waals surface area contributed by atoms with Gasteiger partial charge in [0.1, 0.15) is 34.1 Å². The van der Waals surface area contributed by atoms with Gasteiger partial charge in [0.25, 0.3) is 11.4 Å². The molecule has 0 saturated carbocycles. The van der Waals surface area contributed by atoms with Gasteiger partial charge in [0.15, 0.2) is 0 Å². The number of non-ortho nitro benzene ring substituents is 2. The Morgan fingerprint density at radius 3 is 1.31 bits per heavy atom. The third-order valence-corrected chi connectivity index (χ3v) is 4.22. The van der Waals surface area contributed by atoms with Crippen LogP contribution in [0.2, 0.25) is 0 Å². The predicted octanol–water partition coefficient (Wildman–Crippen LogP) is 6.30. The van der Waals surface area contributed by atoms with Gasteiger partial charge in [-0.2, -0.15) is 26.3 Å². The molecule has 186 valence electrons. The second-order valence-corrected chi connectivity index (χ2v) is 6.55. The molecule has 0 aliphatic carbocycles. The molecule has 0 amide bonds. The highest BCUT2D eigenvalue weighted by Crippen LogP contribution is 2.42. The van der Waals surface area contributed by atoms with Gasteiger partial charge in [0, 0.05) is 30.3 Å². The average Bonchev–Trinajstić information content (AvgIpc) is 2.72. The minimum atomic E-state index is -5.00. The topological polar surface area (TPSA) is 136 Å². The summed E-state index contributed by atoms with van der Waals surface area (Å²) in [4.78, 5) is 19.5. The molecule has 0 radical (unpaired) electrons. The second-order valence-electron chi connectivity index (χ2n) is 6.55. The lowest BCUT2D eigenvalue weighted by Crippen LogP contribution is -2.08. The van der Waals surface area contributed by atoms with Crippen LogP contribution >= 0.6 is 0 Å². The zero-order valence-electron chi connectivity index (χ0n) is 16.9. The Hall–Kier alpha value is -4.40. The molecule has 3 aromatic rings. The Balaban J connectivity index is 0.00000432. The maximum Gasteiger partial charge on any atom is 0.420 e. The van der Waals surface area contributed by atoms with E-state index in [1.165, 1.54) is 18.2 Å². The first kappa shape index (κ1) is 26.8. The normalized spacial score (nSPS) is 11.4. The van der Waals surface area contributed by atoms with Crippen LogP contribution in [-0.2, 0) is 12.4 Å². The van der Waals surface area contributed by atoms with E-state index in [4.69, 9.17) is 9.47 Å². The van der Waals surface area contributed by atoms with E-state index in [1.807, 2.05) is 0 Å². The SMILES string of the molecule is O.O=[N+]([O-])c1ccc(Oc2cccc(Oc3ccc([N+](=O)[O-])cc3C(F)(F)F)c2)c(C(F)(F)F)c1. The lowest BCUT2D eigenvalue weighted by molar-refractivity contribution is -0.385. The number of halogens is 6. The summed E-state index contributed by atoms with van der Waals surface area (Å²) < 4.78 is 90.3. The predicted molar refractivity (Wildman–Crippen MR) is 106 cm³/mol. The summed E-state index contributed by atoms with van der Waals surface area (Å²) in [5.41, 5.74) is -4.53. The first-order valence-corrected chi connectivity index (χ1v) is 8.93. The maximum atomic E-state index is 13.3. The van der Waals surface area contributed by atoms with Crippen LogP contribution in [0.4, 0.5) is 37.7 Å². The highest BCUT2D eigenvalue weighted by Gasteiger charge is 2.37. The van der Waals surface area contributed by atoms with Gasteiger partial charge in [-0.3, -0.25) is 20.2 Å². The lowest BCUT2D eigenvalue weighted by Gasteiger charge is -2.15. The van der Waals surface area contributed by atoms with Crippen molar-refractivity contribution in [1.29, 1.82) is 0 Å². The van der Waals surface area contributed by atoms with E-state index in [-0.39, 0.29) is 29.1 Å². The largest absolute Gasteiger partial charge is 0.457 e. The maximum absolute atomic E-state index is 13.3. The summed E-state index contributed by atoms with van der Waals surface area (Å²) >= 11 is 0. The van der Waals surface area contributed by atoms with Gasteiger partial charge < -0.3 is 14.9 Å². The number of nitrogens with zero attached hydrogens (tertiary/aromatic N) is 2. The third kappa shape index (κ3) is 6.35. The number of hydrogen-bond donors (Lipinski definition) is 0. The number of alkyl halides is 6. The van der Waals surface area contributed by atoms with E-state index in [2.05, 4.69) is 0 Å². The van der Waals surface area contributed by atoms with Crippen molar-refractivity contribution in [1.82, 2.24) is 0 Å². The number of ether oxygens (including phenoxy) is 2. The summed E-state index contributed by atoms with van der Waals surface area (Å²) in [6, 6.07) is 8.13. The van der Waals surface area contributed by atoms with E-state index in [0.717, 1.165) is 30.3 Å². The molecule has 15 heteroatoms. The first-order valence-electron chi connectivity index (χ1n) is 8.93. The zero-order chi connectivity index (χ0) is 25.3. The average molecular weight is 506 g/mol. The van der Waals surface area contributed by atoms with Gasteiger partial charge >= 0.3 is 12.4 Å². The van der Waals surface area contributed by atoms with Crippen molar-refractivity contribution in [3.8, 4) is 23.0 Å². The van der Waals surface area contributed by atoms with Crippen LogP contribution in [0.5, 0.6) is 23.0 Å². The quantitative estimate of drug-likeness (QED) is 0.219. The molecule has 0 heterocycles. The Bertz CT molecular complexity index is 1170. The van der Waals surface area contributed by atoms with Gasteiger partial charge in [-0.15, -0.1) is 0 Å². The second kappa shape index (κ2) is 9.84. The number of nitro groups is 2. The van der Waals surface area contributed by atoms with Crippen molar-refractivity contribution in [3.63, 3.8) is 0 Å². The van der Waals surface area contributed by atoms with Crippen molar-refractivity contribution in [3.05, 3.63) is 92.0 Å². The van der Waals surface area contributed by atoms with E-state index >= 15 is 0 Å². The van der Waals surface area contributed by atoms with Gasteiger partial charge in [0.2, 0.25) is 0 Å². The highest BCUT2D eigenvalue weighted by molar-refractivity contribution is 5.50. The lowest BCUT2D eigenvalue weighted by atomic mass is 10.1. The molecule has 0 bridgehead atoms. The minimum Gasteiger partial charge on any atom is -0.457 e. The van der Waals surface area contributed by atoms with Crippen molar-refractivity contribution in [2.24, 2.45) is 0 Å². The fourth-order valence-electron chi connectivity index (χ4n) is 2.74. The number of benzene rings is 3. The Morgan fingerprint density at radius 1 is 0.629 bits per heavy atom. The summed E-state index contributed by atoms with van der Waals surface area (Å²) in [7, 11) is 0. The zero-order valence-corrected chi connectivity index (χ0v) is 16.9. The molecule has 0 saturated heterocycles. The van der Waals surface area contributed by atoms with Crippen LogP contribution in [-0.4, -0.2) is 15.3 Å². The molecule has 3 aromatic carbocycles. The van der Waals surface area contributed by atoms with Crippen LogP contribution in [0.3, 0.4) is 0 Å². The molecule has 0 unspecified atom stereocenters. The van der Waals surface area contributed by atoms with Crippen LogP contribution in [0.1, 0.15) is 11.1 Å². The van der Waals surface area contributed by atoms with Gasteiger partial charge in [-0.1, -0.05) is 6.07 Å². The molecule has 35 heavy (non-hydrogen) atoms. The number of rotatable bonds is 6. The van der Waals surface area contributed by atoms with E-state index < -0.39 is 56.2 Å². The number of hydrogen-bond acceptors (Lipinski definition) is 6. The molecule has 0 atom stereocenters. The molecule has 9 nitrogen and oxygen atoms in total. The van der Waals surface area contributed by atoms with Gasteiger partial charge in [-0.05, 0) is 24.3 Å². The van der Waals surface area contributed by atoms with Crippen LogP contribution < -0.4 is 9.47 Å². The summed E-state index contributed by atoms with van der Waals surface area (Å²) in [6.07, 6.45) is -10.0. The van der Waals surface area contributed by atoms with Crippen LogP contribution in [0.15, 0.2) is 60.7 Å². The molecule has 2 N–H and O–H groups in total. The molecular weight excluding hydrogens is 494 g/mol. The monoisotopic (exact) mass is 506 g/mol. The minimum absolute atomic E-state index is 0. The highest BCUT2D eigenvalue weighted by atomic mass is 19.4. The van der Waals surface area contributed by atoms with Crippen molar-refractivity contribution < 1.29 is 51.1 Å². The first-order chi connectivity index (χ1) is 15.8. The Morgan fingerprint density at radius 2 is 1.00 bits per heavy atom. The molecule has 3 rings (SSSR count). The molecule has 0 fully saturated rings. The van der Waals surface area contributed by atoms with Gasteiger partial charge in [0.05, 0.1) is 9.85 Å². The van der Waals surface area contributed by atoms with Gasteiger partial charge in [-0.25, -0.2) is 0 Å². The van der Waals surface area contributed by atoms with Crippen molar-refractivity contribution >= 4 is 11.4 Å². The molecule has 0 aliphatic heterocycles. The fourth-order valence-corrected chi connectivity index (χ4v) is 2.74. The molecule has 0 aliphatic rings. The van der Waals surface area contributed by atoms with Crippen LogP contribution in [0, 0.1) is 20.2 Å². The van der Waals surface area contributed by atoms with E-state index in [1.54, 1.807) is 0 Å². The van der Waals surface area contributed by atoms with Crippen molar-refractivity contribution in [2.75, 3.05) is 0 Å². The summed E-state index contributed by atoms with van der Waals surface area (Å²) in [6.45, 7) is 0. The molecule has 0 aromatic heterocycles. The summed E-state index contributed by atoms with van der Waals surface area (Å²) in [5, 5.41) is 21.6. The van der Waals surface area contributed by atoms with Crippen LogP contribution in [0.25, 0.3) is 0 Å². The Labute approximate surface area is 190 Å². The molecule has 0 spiro atoms.